The molecule has 0 aliphatic carbocycles. The zero-order chi connectivity index (χ0) is 11.7. The lowest BCUT2D eigenvalue weighted by molar-refractivity contribution is -0.394. The lowest BCUT2D eigenvalue weighted by Gasteiger charge is -1.97. The van der Waals surface area contributed by atoms with Crippen LogP contribution in [0.15, 0.2) is 18.6 Å². The summed E-state index contributed by atoms with van der Waals surface area (Å²) in [5, 5.41) is 13.9. The second-order valence-electron chi connectivity index (χ2n) is 2.71. The van der Waals surface area contributed by atoms with E-state index in [0.717, 1.165) is 17.1 Å². The summed E-state index contributed by atoms with van der Waals surface area (Å²) in [5.74, 6) is -1.58. The first kappa shape index (κ1) is 10.4. The van der Waals surface area contributed by atoms with Crippen molar-refractivity contribution in [2.24, 2.45) is 0 Å². The number of nitro groups is 1. The lowest BCUT2D eigenvalue weighted by Crippen LogP contribution is -2.02. The summed E-state index contributed by atoms with van der Waals surface area (Å²) in [6.07, 6.45) is 2.20. The highest BCUT2D eigenvalue weighted by atomic mass is 35.5. The Balaban J connectivity index is 2.46. The van der Waals surface area contributed by atoms with Crippen LogP contribution in [0, 0.1) is 15.9 Å². The summed E-state index contributed by atoms with van der Waals surface area (Å²) in [6, 6.07) is 1.03. The molecule has 82 valence electrons. The molecule has 7 nitrogen and oxygen atoms in total. The number of rotatable bonds is 2. The van der Waals surface area contributed by atoms with Crippen molar-refractivity contribution in [1.82, 2.24) is 19.7 Å². The number of pyridine rings is 1. The molecule has 0 amide bonds. The number of hydrogen-bond donors (Lipinski definition) is 0. The van der Waals surface area contributed by atoms with Gasteiger partial charge >= 0.3 is 5.95 Å². The van der Waals surface area contributed by atoms with Crippen LogP contribution in [0.2, 0.25) is 5.02 Å². The molecule has 0 aliphatic rings. The van der Waals surface area contributed by atoms with Crippen molar-refractivity contribution >= 4 is 17.5 Å². The first-order valence-electron chi connectivity index (χ1n) is 3.95. The van der Waals surface area contributed by atoms with Gasteiger partial charge < -0.3 is 10.1 Å². The van der Waals surface area contributed by atoms with Gasteiger partial charge in [-0.2, -0.15) is 0 Å². The molecule has 0 saturated carbocycles. The number of hydrogen-bond acceptors (Lipinski definition) is 5. The van der Waals surface area contributed by atoms with Gasteiger partial charge in [-0.05, 0) is 11.0 Å². The van der Waals surface area contributed by atoms with Gasteiger partial charge in [-0.1, -0.05) is 16.6 Å². The monoisotopic (exact) mass is 243 g/mol. The van der Waals surface area contributed by atoms with Crippen molar-refractivity contribution in [1.29, 1.82) is 0 Å². The van der Waals surface area contributed by atoms with Crippen LogP contribution in [-0.2, 0) is 0 Å². The molecule has 0 saturated heterocycles. The largest absolute Gasteiger partial charge is 0.491 e. The Labute approximate surface area is 92.7 Å². The number of halogens is 2. The molecule has 0 radical (unpaired) electrons. The molecule has 9 heteroatoms. The minimum absolute atomic E-state index is 0.121. The topological polar surface area (TPSA) is 86.7 Å². The Bertz CT molecular complexity index is 557. The third-order valence-corrected chi connectivity index (χ3v) is 1.86. The second kappa shape index (κ2) is 3.81. The van der Waals surface area contributed by atoms with Gasteiger partial charge in [0.15, 0.2) is 5.82 Å². The first-order valence-corrected chi connectivity index (χ1v) is 4.33. The summed E-state index contributed by atoms with van der Waals surface area (Å²) in [6.45, 7) is 0. The van der Waals surface area contributed by atoms with E-state index in [0.29, 0.717) is 0 Å². The van der Waals surface area contributed by atoms with E-state index in [1.807, 2.05) is 0 Å². The zero-order valence-electron chi connectivity index (χ0n) is 7.54. The molecule has 2 heterocycles. The van der Waals surface area contributed by atoms with Crippen LogP contribution in [0.5, 0.6) is 0 Å². The Hall–Kier alpha value is -2.09. The average molecular weight is 244 g/mol. The molecule has 0 fully saturated rings. The molecule has 2 aromatic rings. The molecule has 0 unspecified atom stereocenters. The van der Waals surface area contributed by atoms with E-state index in [4.69, 9.17) is 11.6 Å². The van der Waals surface area contributed by atoms with Crippen molar-refractivity contribution in [2.45, 2.75) is 0 Å². The summed E-state index contributed by atoms with van der Waals surface area (Å²) in [7, 11) is 0. The molecular weight excluding hydrogens is 241 g/mol. The van der Waals surface area contributed by atoms with E-state index >= 15 is 0 Å². The minimum atomic E-state index is -0.787. The van der Waals surface area contributed by atoms with Crippen molar-refractivity contribution in [2.75, 3.05) is 0 Å². The summed E-state index contributed by atoms with van der Waals surface area (Å²) in [5.41, 5.74) is 0. The molecule has 0 N–H and O–H groups in total. The van der Waals surface area contributed by atoms with Crippen LogP contribution in [0.3, 0.4) is 0 Å². The molecule has 2 rings (SSSR count). The van der Waals surface area contributed by atoms with E-state index in [9.17, 15) is 14.5 Å². The summed E-state index contributed by atoms with van der Waals surface area (Å²) in [4.78, 5) is 16.5. The van der Waals surface area contributed by atoms with Gasteiger partial charge in [0, 0.05) is 11.3 Å². The van der Waals surface area contributed by atoms with Crippen molar-refractivity contribution in [3.05, 3.63) is 39.5 Å². The molecule has 0 spiro atoms. The fraction of sp³-hybridized carbons (Fsp3) is 0. The predicted molar refractivity (Wildman–Crippen MR) is 50.8 cm³/mol. The normalized spacial score (nSPS) is 10.4. The molecule has 0 bridgehead atoms. The van der Waals surface area contributed by atoms with Gasteiger partial charge in [-0.15, -0.1) is 4.68 Å². The Morgan fingerprint density at radius 1 is 1.50 bits per heavy atom. The van der Waals surface area contributed by atoms with Gasteiger partial charge in [-0.25, -0.2) is 9.37 Å². The van der Waals surface area contributed by atoms with Crippen LogP contribution in [0.4, 0.5) is 10.3 Å². The summed E-state index contributed by atoms with van der Waals surface area (Å²) >= 11 is 5.50. The highest BCUT2D eigenvalue weighted by Crippen LogP contribution is 2.15. The fourth-order valence-corrected chi connectivity index (χ4v) is 1.16. The first-order chi connectivity index (χ1) is 7.58. The third kappa shape index (κ3) is 1.82. The number of aromatic nitrogens is 4. The maximum Gasteiger partial charge on any atom is 0.491 e. The maximum atomic E-state index is 13.3. The minimum Gasteiger partial charge on any atom is -0.390 e. The SMILES string of the molecule is O=[N+]([O-])c1ncn(-c2ncc(Cl)cc2F)n1. The molecule has 0 aromatic carbocycles. The molecule has 2 aromatic heterocycles. The van der Waals surface area contributed by atoms with E-state index in [1.165, 1.54) is 6.20 Å². The van der Waals surface area contributed by atoms with Crippen molar-refractivity contribution < 1.29 is 9.31 Å². The fourth-order valence-electron chi connectivity index (χ4n) is 1.02. The second-order valence-corrected chi connectivity index (χ2v) is 3.14. The van der Waals surface area contributed by atoms with Crippen LogP contribution in [0.25, 0.3) is 5.82 Å². The van der Waals surface area contributed by atoms with E-state index in [1.54, 1.807) is 0 Å². The molecular formula is C7H3ClFN5O2. The van der Waals surface area contributed by atoms with Gasteiger partial charge in [0.2, 0.25) is 12.1 Å². The van der Waals surface area contributed by atoms with Gasteiger partial charge in [0.25, 0.3) is 0 Å². The van der Waals surface area contributed by atoms with Gasteiger partial charge in [0.1, 0.15) is 0 Å². The van der Waals surface area contributed by atoms with Crippen LogP contribution in [0.1, 0.15) is 0 Å². The van der Waals surface area contributed by atoms with E-state index in [2.05, 4.69) is 15.1 Å². The maximum absolute atomic E-state index is 13.3. The van der Waals surface area contributed by atoms with Crippen LogP contribution < -0.4 is 0 Å². The Kier molecular flexibility index (Phi) is 2.49. The standard InChI is InChI=1S/C7H3ClFN5O2/c8-4-1-5(9)6(10-2-4)13-3-11-7(12-13)14(15)16/h1-3H. The van der Waals surface area contributed by atoms with Gasteiger partial charge in [-0.3, -0.25) is 0 Å². The molecule has 16 heavy (non-hydrogen) atoms. The molecule has 0 aliphatic heterocycles. The highest BCUT2D eigenvalue weighted by Gasteiger charge is 2.17. The Morgan fingerprint density at radius 2 is 2.25 bits per heavy atom. The van der Waals surface area contributed by atoms with Crippen LogP contribution >= 0.6 is 11.6 Å². The predicted octanol–water partition coefficient (Wildman–Crippen LogP) is 1.36. The number of nitrogens with zero attached hydrogens (tertiary/aromatic N) is 5. The quantitative estimate of drug-likeness (QED) is 0.587. The Morgan fingerprint density at radius 3 is 2.81 bits per heavy atom. The smallest absolute Gasteiger partial charge is 0.390 e. The van der Waals surface area contributed by atoms with Gasteiger partial charge in [0.05, 0.1) is 5.02 Å². The van der Waals surface area contributed by atoms with E-state index in [-0.39, 0.29) is 10.8 Å². The third-order valence-electron chi connectivity index (χ3n) is 1.65. The molecule has 0 atom stereocenters. The van der Waals surface area contributed by atoms with Crippen LogP contribution in [-0.4, -0.2) is 24.7 Å². The summed E-state index contributed by atoms with van der Waals surface area (Å²) < 4.78 is 14.2. The van der Waals surface area contributed by atoms with Crippen molar-refractivity contribution in [3.8, 4) is 5.82 Å². The van der Waals surface area contributed by atoms with Crippen molar-refractivity contribution in [3.63, 3.8) is 0 Å². The average Bonchev–Trinajstić information content (AvgIpc) is 2.66. The lowest BCUT2D eigenvalue weighted by atomic mass is 10.4. The van der Waals surface area contributed by atoms with E-state index < -0.39 is 16.7 Å². The zero-order valence-corrected chi connectivity index (χ0v) is 8.30. The highest BCUT2D eigenvalue weighted by molar-refractivity contribution is 6.30.